The molecule has 1 unspecified atom stereocenters. The van der Waals surface area contributed by atoms with Crippen LogP contribution < -0.4 is 0 Å². The van der Waals surface area contributed by atoms with Crippen molar-refractivity contribution in [1.82, 2.24) is 0 Å². The summed E-state index contributed by atoms with van der Waals surface area (Å²) < 4.78 is 28.3. The highest BCUT2D eigenvalue weighted by atomic mass is 32.2. The third kappa shape index (κ3) is 5.08. The lowest BCUT2D eigenvalue weighted by molar-refractivity contribution is -0.129. The van der Waals surface area contributed by atoms with Crippen molar-refractivity contribution in [3.05, 3.63) is 29.8 Å². The molecule has 0 N–H and O–H groups in total. The average molecular weight is 370 g/mol. The van der Waals surface area contributed by atoms with Gasteiger partial charge in [-0.3, -0.25) is 4.79 Å². The van der Waals surface area contributed by atoms with Gasteiger partial charge in [0.1, 0.15) is 0 Å². The van der Waals surface area contributed by atoms with Gasteiger partial charge in [0.05, 0.1) is 17.1 Å². The summed E-state index contributed by atoms with van der Waals surface area (Å²) in [6.45, 7) is 5.05. The van der Waals surface area contributed by atoms with Crippen molar-refractivity contribution in [3.8, 4) is 0 Å². The zero-order chi connectivity index (χ0) is 18.0. The highest BCUT2D eigenvalue weighted by Gasteiger charge is 2.30. The van der Waals surface area contributed by atoms with Crippen molar-refractivity contribution in [2.75, 3.05) is 18.1 Å². The molecule has 0 aromatic heterocycles. The Bertz CT molecular complexity index is 732. The lowest BCUT2D eigenvalue weighted by Gasteiger charge is -2.17. The molecule has 1 saturated heterocycles. The fourth-order valence-corrected chi connectivity index (χ4v) is 5.81. The summed E-state index contributed by atoms with van der Waals surface area (Å²) in [5.41, 5.74) is -0.194. The second-order valence-corrected chi connectivity index (χ2v) is 10.5. The van der Waals surface area contributed by atoms with Crippen molar-refractivity contribution in [1.29, 1.82) is 0 Å². The minimum Gasteiger partial charge on any atom is -0.454 e. The van der Waals surface area contributed by atoms with Crippen molar-refractivity contribution < 1.29 is 22.7 Å². The Morgan fingerprint density at radius 1 is 1.25 bits per heavy atom. The van der Waals surface area contributed by atoms with Gasteiger partial charge < -0.3 is 4.74 Å². The molecule has 1 aliphatic heterocycles. The van der Waals surface area contributed by atoms with E-state index in [9.17, 15) is 18.0 Å². The highest BCUT2D eigenvalue weighted by molar-refractivity contribution is 8.02. The Kier molecular flexibility index (Phi) is 5.75. The SMILES string of the molecule is CC(C)(C)C(=O)COC(=O)c1ccccc1SC1CCS(=O)(=O)C1. The molecule has 0 amide bonds. The van der Waals surface area contributed by atoms with E-state index in [0.717, 1.165) is 0 Å². The molecule has 0 saturated carbocycles. The van der Waals surface area contributed by atoms with E-state index in [1.807, 2.05) is 0 Å². The van der Waals surface area contributed by atoms with Crippen LogP contribution in [-0.4, -0.2) is 43.5 Å². The minimum absolute atomic E-state index is 0.0554. The zero-order valence-electron chi connectivity index (χ0n) is 14.1. The summed E-state index contributed by atoms with van der Waals surface area (Å²) in [7, 11) is -2.97. The normalized spacial score (nSPS) is 19.9. The summed E-state index contributed by atoms with van der Waals surface area (Å²) in [5, 5.41) is -0.0554. The highest BCUT2D eigenvalue weighted by Crippen LogP contribution is 2.33. The van der Waals surface area contributed by atoms with E-state index in [2.05, 4.69) is 0 Å². The number of carbonyl (C=O) groups excluding carboxylic acids is 2. The van der Waals surface area contributed by atoms with Gasteiger partial charge in [-0.2, -0.15) is 0 Å². The van der Waals surface area contributed by atoms with Crippen LogP contribution in [0.2, 0.25) is 0 Å². The lowest BCUT2D eigenvalue weighted by Crippen LogP contribution is -2.26. The number of hydrogen-bond donors (Lipinski definition) is 0. The van der Waals surface area contributed by atoms with Gasteiger partial charge in [-0.15, -0.1) is 11.8 Å². The van der Waals surface area contributed by atoms with Gasteiger partial charge in [0, 0.05) is 15.6 Å². The largest absolute Gasteiger partial charge is 0.454 e. The molecule has 0 radical (unpaired) electrons. The van der Waals surface area contributed by atoms with E-state index in [-0.39, 0.29) is 29.1 Å². The summed E-state index contributed by atoms with van der Waals surface area (Å²) in [6, 6.07) is 6.92. The van der Waals surface area contributed by atoms with Gasteiger partial charge in [-0.25, -0.2) is 13.2 Å². The number of ketones is 1. The van der Waals surface area contributed by atoms with Gasteiger partial charge in [0.15, 0.2) is 22.2 Å². The van der Waals surface area contributed by atoms with Gasteiger partial charge >= 0.3 is 5.97 Å². The van der Waals surface area contributed by atoms with E-state index in [1.165, 1.54) is 11.8 Å². The molecule has 1 aliphatic rings. The predicted molar refractivity (Wildman–Crippen MR) is 94.1 cm³/mol. The van der Waals surface area contributed by atoms with Crippen LogP contribution in [0.3, 0.4) is 0 Å². The topological polar surface area (TPSA) is 77.5 Å². The van der Waals surface area contributed by atoms with E-state index < -0.39 is 21.2 Å². The predicted octanol–water partition coefficient (Wildman–Crippen LogP) is 2.74. The number of ether oxygens (including phenoxy) is 1. The third-order valence-corrected chi connectivity index (χ3v) is 7.09. The maximum atomic E-state index is 12.3. The first-order chi connectivity index (χ1) is 11.1. The van der Waals surface area contributed by atoms with Crippen LogP contribution in [-0.2, 0) is 19.4 Å². The molecule has 0 spiro atoms. The first-order valence-corrected chi connectivity index (χ1v) is 10.4. The Hall–Kier alpha value is -1.34. The number of Topliss-reactive ketones (excluding diaryl/α,β-unsaturated/α-hetero) is 1. The van der Waals surface area contributed by atoms with E-state index in [4.69, 9.17) is 4.74 Å². The summed E-state index contributed by atoms with van der Waals surface area (Å²) in [6.07, 6.45) is 0.582. The number of esters is 1. The zero-order valence-corrected chi connectivity index (χ0v) is 15.7. The fraction of sp³-hybridized carbons (Fsp3) is 0.529. The van der Waals surface area contributed by atoms with E-state index in [0.29, 0.717) is 16.9 Å². The van der Waals surface area contributed by atoms with Crippen molar-refractivity contribution in [2.45, 2.75) is 37.3 Å². The number of carbonyl (C=O) groups is 2. The Balaban J connectivity index is 2.05. The lowest BCUT2D eigenvalue weighted by atomic mass is 9.91. The first-order valence-electron chi connectivity index (χ1n) is 7.75. The van der Waals surface area contributed by atoms with Crippen LogP contribution in [0.5, 0.6) is 0 Å². The summed E-state index contributed by atoms with van der Waals surface area (Å²) >= 11 is 1.38. The maximum absolute atomic E-state index is 12.3. The number of sulfone groups is 1. The summed E-state index contributed by atoms with van der Waals surface area (Å²) in [4.78, 5) is 24.9. The minimum atomic E-state index is -2.97. The van der Waals surface area contributed by atoms with Crippen LogP contribution in [0.25, 0.3) is 0 Å². The second kappa shape index (κ2) is 7.27. The Labute approximate surface area is 147 Å². The van der Waals surface area contributed by atoms with Crippen LogP contribution in [0.15, 0.2) is 29.2 Å². The Morgan fingerprint density at radius 3 is 2.50 bits per heavy atom. The maximum Gasteiger partial charge on any atom is 0.339 e. The van der Waals surface area contributed by atoms with Crippen LogP contribution in [0.1, 0.15) is 37.6 Å². The van der Waals surface area contributed by atoms with Crippen LogP contribution in [0, 0.1) is 5.41 Å². The quantitative estimate of drug-likeness (QED) is 0.742. The molecule has 1 aromatic rings. The molecule has 5 nitrogen and oxygen atoms in total. The molecule has 1 fully saturated rings. The number of thioether (sulfide) groups is 1. The van der Waals surface area contributed by atoms with E-state index >= 15 is 0 Å². The molecule has 24 heavy (non-hydrogen) atoms. The van der Waals surface area contributed by atoms with Gasteiger partial charge in [0.25, 0.3) is 0 Å². The third-order valence-electron chi connectivity index (χ3n) is 3.76. The van der Waals surface area contributed by atoms with E-state index in [1.54, 1.807) is 45.0 Å². The van der Waals surface area contributed by atoms with Gasteiger partial charge in [0.2, 0.25) is 0 Å². The molecular formula is C17H22O5S2. The number of rotatable bonds is 5. The number of benzene rings is 1. The van der Waals surface area contributed by atoms with Crippen molar-refractivity contribution >= 4 is 33.4 Å². The summed E-state index contributed by atoms with van der Waals surface area (Å²) in [5.74, 6) is -0.389. The molecule has 1 atom stereocenters. The second-order valence-electron chi connectivity index (χ2n) is 6.89. The standard InChI is InChI=1S/C17H22O5S2/c1-17(2,3)15(18)10-22-16(19)13-6-4-5-7-14(13)23-12-8-9-24(20,21)11-12/h4-7,12H,8-11H2,1-3H3. The molecule has 132 valence electrons. The molecule has 7 heteroatoms. The van der Waals surface area contributed by atoms with Crippen LogP contribution >= 0.6 is 11.8 Å². The molecular weight excluding hydrogens is 348 g/mol. The molecule has 0 bridgehead atoms. The smallest absolute Gasteiger partial charge is 0.339 e. The van der Waals surface area contributed by atoms with Gasteiger partial charge in [-0.1, -0.05) is 32.9 Å². The first kappa shape index (κ1) is 19.0. The molecule has 2 rings (SSSR count). The van der Waals surface area contributed by atoms with Crippen LogP contribution in [0.4, 0.5) is 0 Å². The van der Waals surface area contributed by atoms with Gasteiger partial charge in [-0.05, 0) is 18.6 Å². The number of hydrogen-bond acceptors (Lipinski definition) is 6. The fourth-order valence-electron chi connectivity index (χ4n) is 2.20. The van der Waals surface area contributed by atoms with Crippen molar-refractivity contribution in [3.63, 3.8) is 0 Å². The molecule has 1 heterocycles. The average Bonchev–Trinajstić information content (AvgIpc) is 2.83. The van der Waals surface area contributed by atoms with Crippen molar-refractivity contribution in [2.24, 2.45) is 5.41 Å². The molecule has 1 aromatic carbocycles. The monoisotopic (exact) mass is 370 g/mol. The molecule has 0 aliphatic carbocycles. The Morgan fingerprint density at radius 2 is 1.92 bits per heavy atom.